The van der Waals surface area contributed by atoms with Crippen LogP contribution in [0.3, 0.4) is 0 Å². The SMILES string of the molecule is CCCCc1ccc(CCc2ccc(O)c(OCC(NC)c3cc(C(C)CNCC(C)O)c[nH]3)c2)o1. The van der Waals surface area contributed by atoms with Crippen LogP contribution in [0.25, 0.3) is 0 Å². The minimum Gasteiger partial charge on any atom is -0.504 e. The molecule has 0 spiro atoms. The fourth-order valence-electron chi connectivity index (χ4n) is 4.18. The number of hydrogen-bond acceptors (Lipinski definition) is 6. The van der Waals surface area contributed by atoms with E-state index >= 15 is 0 Å². The number of ether oxygens (including phenoxy) is 1. The van der Waals surface area contributed by atoms with Gasteiger partial charge in [-0.1, -0.05) is 26.3 Å². The van der Waals surface area contributed by atoms with Crippen LogP contribution in [0, 0.1) is 0 Å². The molecule has 7 heteroatoms. The van der Waals surface area contributed by atoms with E-state index in [9.17, 15) is 10.2 Å². The molecular weight excluding hydrogens is 454 g/mol. The van der Waals surface area contributed by atoms with Gasteiger partial charge in [-0.2, -0.15) is 0 Å². The van der Waals surface area contributed by atoms with Crippen LogP contribution in [0.15, 0.2) is 47.0 Å². The Kier molecular flexibility index (Phi) is 10.9. The minimum absolute atomic E-state index is 0.0518. The number of phenolic OH excluding ortho intramolecular Hbond substituents is 1. The van der Waals surface area contributed by atoms with Gasteiger partial charge < -0.3 is 35.0 Å². The third-order valence-corrected chi connectivity index (χ3v) is 6.49. The number of aromatic hydroxyl groups is 1. The van der Waals surface area contributed by atoms with Crippen LogP contribution in [0.5, 0.6) is 11.5 Å². The van der Waals surface area contributed by atoms with Crippen molar-refractivity contribution in [1.82, 2.24) is 15.6 Å². The first-order valence-electron chi connectivity index (χ1n) is 13.2. The van der Waals surface area contributed by atoms with E-state index in [-0.39, 0.29) is 17.9 Å². The molecule has 7 nitrogen and oxygen atoms in total. The zero-order chi connectivity index (χ0) is 25.9. The fraction of sp³-hybridized carbons (Fsp3) is 0.517. The normalized spacial score (nSPS) is 14.0. The molecule has 2 aromatic heterocycles. The lowest BCUT2D eigenvalue weighted by molar-refractivity contribution is 0.191. The highest BCUT2D eigenvalue weighted by atomic mass is 16.5. The molecule has 0 aliphatic carbocycles. The summed E-state index contributed by atoms with van der Waals surface area (Å²) in [6.07, 6.45) is 6.58. The number of aliphatic hydroxyl groups is 1. The third-order valence-electron chi connectivity index (χ3n) is 6.49. The minimum atomic E-state index is -0.353. The second kappa shape index (κ2) is 14.1. The third kappa shape index (κ3) is 8.43. The number of H-pyrrole nitrogens is 1. The first-order chi connectivity index (χ1) is 17.4. The standard InChI is InChI=1S/C29H43N3O4/c1-5-6-7-24-11-12-25(36-24)10-8-22-9-13-28(34)29(14-22)35-19-27(30-4)26-15-23(18-32-26)20(2)16-31-17-21(3)33/h9,11-15,18,20-21,27,30-34H,5-8,10,16-17,19H2,1-4H3. The summed E-state index contributed by atoms with van der Waals surface area (Å²) in [5.41, 5.74) is 3.32. The van der Waals surface area contributed by atoms with Crippen molar-refractivity contribution in [2.24, 2.45) is 0 Å². The number of phenols is 1. The van der Waals surface area contributed by atoms with Crippen LogP contribution in [-0.2, 0) is 19.3 Å². The zero-order valence-electron chi connectivity index (χ0n) is 22.1. The zero-order valence-corrected chi connectivity index (χ0v) is 22.1. The Labute approximate surface area is 215 Å². The van der Waals surface area contributed by atoms with Gasteiger partial charge in [0.05, 0.1) is 12.1 Å². The molecule has 0 aliphatic heterocycles. The highest BCUT2D eigenvalue weighted by Gasteiger charge is 2.16. The summed E-state index contributed by atoms with van der Waals surface area (Å²) in [5.74, 6) is 2.98. The van der Waals surface area contributed by atoms with Gasteiger partial charge in [-0.05, 0) is 74.2 Å². The largest absolute Gasteiger partial charge is 0.504 e. The smallest absolute Gasteiger partial charge is 0.161 e. The molecule has 1 aromatic carbocycles. The molecule has 198 valence electrons. The van der Waals surface area contributed by atoms with E-state index in [4.69, 9.17) is 9.15 Å². The predicted molar refractivity (Wildman–Crippen MR) is 144 cm³/mol. The number of unbranched alkanes of at least 4 members (excludes halogenated alkanes) is 1. The molecule has 0 saturated heterocycles. The van der Waals surface area contributed by atoms with Crippen LogP contribution in [0.1, 0.15) is 73.9 Å². The molecule has 36 heavy (non-hydrogen) atoms. The summed E-state index contributed by atoms with van der Waals surface area (Å²) in [6.45, 7) is 7.87. The molecule has 0 aliphatic rings. The number of aromatic amines is 1. The van der Waals surface area contributed by atoms with Crippen LogP contribution in [0.4, 0.5) is 0 Å². The summed E-state index contributed by atoms with van der Waals surface area (Å²) < 4.78 is 12.0. The monoisotopic (exact) mass is 497 g/mol. The Morgan fingerprint density at radius 3 is 2.53 bits per heavy atom. The number of benzene rings is 1. The first kappa shape index (κ1) is 27.8. The summed E-state index contributed by atoms with van der Waals surface area (Å²) >= 11 is 0. The molecule has 3 atom stereocenters. The maximum atomic E-state index is 10.4. The summed E-state index contributed by atoms with van der Waals surface area (Å²) in [5, 5.41) is 26.4. The second-order valence-electron chi connectivity index (χ2n) is 9.72. The molecule has 3 unspecified atom stereocenters. The number of hydrogen-bond donors (Lipinski definition) is 5. The van der Waals surface area contributed by atoms with E-state index in [1.165, 1.54) is 5.56 Å². The van der Waals surface area contributed by atoms with Gasteiger partial charge in [0, 0.05) is 37.8 Å². The van der Waals surface area contributed by atoms with Gasteiger partial charge >= 0.3 is 0 Å². The van der Waals surface area contributed by atoms with Crippen LogP contribution >= 0.6 is 0 Å². The van der Waals surface area contributed by atoms with Gasteiger partial charge in [-0.3, -0.25) is 0 Å². The molecule has 0 bridgehead atoms. The summed E-state index contributed by atoms with van der Waals surface area (Å²) in [6, 6.07) is 11.8. The van der Waals surface area contributed by atoms with Gasteiger partial charge in [0.1, 0.15) is 18.1 Å². The quantitative estimate of drug-likeness (QED) is 0.194. The maximum Gasteiger partial charge on any atom is 0.161 e. The topological polar surface area (TPSA) is 103 Å². The lowest BCUT2D eigenvalue weighted by Crippen LogP contribution is -2.27. The molecule has 3 aromatic rings. The van der Waals surface area contributed by atoms with Crippen molar-refractivity contribution in [2.75, 3.05) is 26.7 Å². The summed E-state index contributed by atoms with van der Waals surface area (Å²) in [7, 11) is 1.90. The predicted octanol–water partition coefficient (Wildman–Crippen LogP) is 4.85. The van der Waals surface area contributed by atoms with E-state index in [2.05, 4.69) is 47.7 Å². The molecule has 0 fully saturated rings. The molecule has 3 rings (SSSR count). The second-order valence-corrected chi connectivity index (χ2v) is 9.72. The van der Waals surface area contributed by atoms with Crippen LogP contribution < -0.4 is 15.4 Å². The van der Waals surface area contributed by atoms with Crippen molar-refractivity contribution in [1.29, 1.82) is 0 Å². The number of rotatable bonds is 16. The van der Waals surface area contributed by atoms with Gasteiger partial charge in [0.15, 0.2) is 11.5 Å². The Morgan fingerprint density at radius 1 is 1.03 bits per heavy atom. The average molecular weight is 498 g/mol. The van der Waals surface area contributed by atoms with Crippen LogP contribution in [0.2, 0.25) is 0 Å². The van der Waals surface area contributed by atoms with Crippen LogP contribution in [-0.4, -0.2) is 48.0 Å². The van der Waals surface area contributed by atoms with E-state index in [1.54, 1.807) is 13.0 Å². The van der Waals surface area contributed by atoms with Crippen molar-refractivity contribution >= 4 is 0 Å². The van der Waals surface area contributed by atoms with Gasteiger partial charge in [-0.15, -0.1) is 0 Å². The van der Waals surface area contributed by atoms with E-state index in [0.717, 1.165) is 61.4 Å². The first-order valence-corrected chi connectivity index (χ1v) is 13.2. The number of furan rings is 1. The number of aliphatic hydroxyl groups excluding tert-OH is 1. The Balaban J connectivity index is 1.54. The highest BCUT2D eigenvalue weighted by Crippen LogP contribution is 2.29. The van der Waals surface area contributed by atoms with E-state index in [1.807, 2.05) is 25.4 Å². The number of aryl methyl sites for hydroxylation is 3. The van der Waals surface area contributed by atoms with Crippen molar-refractivity contribution in [2.45, 2.75) is 70.9 Å². The molecule has 0 saturated carbocycles. The molecule has 5 N–H and O–H groups in total. The maximum absolute atomic E-state index is 10.4. The van der Waals surface area contributed by atoms with Crippen molar-refractivity contribution < 1.29 is 19.4 Å². The molecule has 2 heterocycles. The van der Waals surface area contributed by atoms with E-state index < -0.39 is 0 Å². The van der Waals surface area contributed by atoms with Crippen molar-refractivity contribution in [3.05, 3.63) is 70.9 Å². The van der Waals surface area contributed by atoms with Gasteiger partial charge in [0.2, 0.25) is 0 Å². The fourth-order valence-corrected chi connectivity index (χ4v) is 4.18. The number of nitrogens with one attached hydrogen (secondary N) is 3. The van der Waals surface area contributed by atoms with Crippen molar-refractivity contribution in [3.8, 4) is 11.5 Å². The highest BCUT2D eigenvalue weighted by molar-refractivity contribution is 5.42. The molecule has 0 amide bonds. The Bertz CT molecular complexity index is 1040. The molecular formula is C29H43N3O4. The number of aromatic nitrogens is 1. The average Bonchev–Trinajstić information content (AvgIpc) is 3.53. The lowest BCUT2D eigenvalue weighted by atomic mass is 10.0. The van der Waals surface area contributed by atoms with E-state index in [0.29, 0.717) is 24.8 Å². The summed E-state index contributed by atoms with van der Waals surface area (Å²) in [4.78, 5) is 3.36. The molecule has 0 radical (unpaired) electrons. The lowest BCUT2D eigenvalue weighted by Gasteiger charge is -2.17. The van der Waals surface area contributed by atoms with Crippen molar-refractivity contribution in [3.63, 3.8) is 0 Å². The van der Waals surface area contributed by atoms with Gasteiger partial charge in [-0.25, -0.2) is 0 Å². The van der Waals surface area contributed by atoms with Gasteiger partial charge in [0.25, 0.3) is 0 Å². The Morgan fingerprint density at radius 2 is 1.81 bits per heavy atom. The number of likely N-dealkylation sites (N-methyl/N-ethyl adjacent to an activating group) is 1. The Hall–Kier alpha value is -2.74.